The van der Waals surface area contributed by atoms with Crippen LogP contribution in [0.1, 0.15) is 38.7 Å². The standard InChI is InChI=1S/C17H22N2O4/c1-10(2)12-4-6-13(7-5-12)19-9-8-14(16(19)21)15(20)18-11(3)17(22)23/h4-7,10-11,14H,8-9H2,1-3H3,(H,18,20)(H,22,23). The number of rotatable bonds is 5. The summed E-state index contributed by atoms with van der Waals surface area (Å²) in [6.45, 7) is 6.03. The van der Waals surface area contributed by atoms with E-state index in [1.807, 2.05) is 24.3 Å². The van der Waals surface area contributed by atoms with Gasteiger partial charge in [-0.3, -0.25) is 14.4 Å². The molecule has 0 bridgehead atoms. The van der Waals surface area contributed by atoms with Gasteiger partial charge >= 0.3 is 5.97 Å². The lowest BCUT2D eigenvalue weighted by Gasteiger charge is -2.18. The van der Waals surface area contributed by atoms with Crippen molar-refractivity contribution in [2.75, 3.05) is 11.4 Å². The number of benzene rings is 1. The van der Waals surface area contributed by atoms with Gasteiger partial charge < -0.3 is 15.3 Å². The Kier molecular flexibility index (Phi) is 5.03. The van der Waals surface area contributed by atoms with E-state index in [4.69, 9.17) is 5.11 Å². The van der Waals surface area contributed by atoms with Crippen LogP contribution in [0.5, 0.6) is 0 Å². The molecule has 2 amide bonds. The summed E-state index contributed by atoms with van der Waals surface area (Å²) in [6, 6.07) is 6.72. The summed E-state index contributed by atoms with van der Waals surface area (Å²) in [7, 11) is 0. The number of carbonyl (C=O) groups is 3. The van der Waals surface area contributed by atoms with Crippen molar-refractivity contribution in [3.8, 4) is 0 Å². The van der Waals surface area contributed by atoms with Gasteiger partial charge in [-0.25, -0.2) is 0 Å². The van der Waals surface area contributed by atoms with Gasteiger partial charge in [0.15, 0.2) is 0 Å². The maximum atomic E-state index is 12.4. The Labute approximate surface area is 135 Å². The van der Waals surface area contributed by atoms with Gasteiger partial charge in [-0.15, -0.1) is 0 Å². The fourth-order valence-electron chi connectivity index (χ4n) is 2.59. The Morgan fingerprint density at radius 2 is 1.83 bits per heavy atom. The molecule has 1 aromatic rings. The predicted molar refractivity (Wildman–Crippen MR) is 86.2 cm³/mol. The van der Waals surface area contributed by atoms with Crippen molar-refractivity contribution in [3.63, 3.8) is 0 Å². The number of nitrogens with zero attached hydrogens (tertiary/aromatic N) is 1. The maximum absolute atomic E-state index is 12.4. The lowest BCUT2D eigenvalue weighted by Crippen LogP contribution is -2.44. The zero-order valence-corrected chi connectivity index (χ0v) is 13.6. The van der Waals surface area contributed by atoms with Crippen LogP contribution in [0.15, 0.2) is 24.3 Å². The number of amides is 2. The van der Waals surface area contributed by atoms with E-state index in [1.54, 1.807) is 4.90 Å². The molecule has 6 heteroatoms. The van der Waals surface area contributed by atoms with Gasteiger partial charge in [-0.2, -0.15) is 0 Å². The number of carboxylic acid groups (broad SMARTS) is 1. The highest BCUT2D eigenvalue weighted by atomic mass is 16.4. The molecule has 0 aromatic heterocycles. The fourth-order valence-corrected chi connectivity index (χ4v) is 2.59. The van der Waals surface area contributed by atoms with E-state index >= 15 is 0 Å². The van der Waals surface area contributed by atoms with E-state index in [-0.39, 0.29) is 5.91 Å². The van der Waals surface area contributed by atoms with Crippen molar-refractivity contribution in [2.45, 2.75) is 39.2 Å². The minimum Gasteiger partial charge on any atom is -0.480 e. The van der Waals surface area contributed by atoms with Gasteiger partial charge in [0.1, 0.15) is 12.0 Å². The summed E-state index contributed by atoms with van der Waals surface area (Å²) >= 11 is 0. The van der Waals surface area contributed by atoms with Gasteiger partial charge in [0, 0.05) is 12.2 Å². The largest absolute Gasteiger partial charge is 0.480 e. The Morgan fingerprint density at radius 3 is 2.35 bits per heavy atom. The number of hydrogen-bond acceptors (Lipinski definition) is 3. The van der Waals surface area contributed by atoms with Crippen molar-refractivity contribution in [2.24, 2.45) is 5.92 Å². The molecule has 1 aromatic carbocycles. The number of carboxylic acids is 1. The molecule has 2 rings (SSSR count). The van der Waals surface area contributed by atoms with Gasteiger partial charge in [-0.1, -0.05) is 26.0 Å². The highest BCUT2D eigenvalue weighted by Gasteiger charge is 2.38. The second-order valence-electron chi connectivity index (χ2n) is 6.15. The minimum atomic E-state index is -1.12. The number of nitrogens with one attached hydrogen (secondary N) is 1. The van der Waals surface area contributed by atoms with Crippen molar-refractivity contribution >= 4 is 23.5 Å². The SMILES string of the molecule is CC(NC(=O)C1CCN(c2ccc(C(C)C)cc2)C1=O)C(=O)O. The third-order valence-corrected chi connectivity index (χ3v) is 4.12. The molecule has 23 heavy (non-hydrogen) atoms. The smallest absolute Gasteiger partial charge is 0.325 e. The molecule has 1 fully saturated rings. The molecule has 124 valence electrons. The first-order chi connectivity index (χ1) is 10.8. The van der Waals surface area contributed by atoms with Crippen LogP contribution in [0.4, 0.5) is 5.69 Å². The number of carbonyl (C=O) groups excluding carboxylic acids is 2. The van der Waals surface area contributed by atoms with Crippen LogP contribution in [0.25, 0.3) is 0 Å². The molecule has 0 saturated carbocycles. The normalized spacial score (nSPS) is 19.0. The van der Waals surface area contributed by atoms with Gasteiger partial charge in [0.25, 0.3) is 0 Å². The third-order valence-electron chi connectivity index (χ3n) is 4.12. The first-order valence-corrected chi connectivity index (χ1v) is 7.75. The quantitative estimate of drug-likeness (QED) is 0.810. The highest BCUT2D eigenvalue weighted by molar-refractivity contribution is 6.10. The average molecular weight is 318 g/mol. The second-order valence-corrected chi connectivity index (χ2v) is 6.15. The van der Waals surface area contributed by atoms with Crippen LogP contribution in [-0.4, -0.2) is 35.5 Å². The van der Waals surface area contributed by atoms with Crippen molar-refractivity contribution in [3.05, 3.63) is 29.8 Å². The Bertz CT molecular complexity index is 610. The van der Waals surface area contributed by atoms with Crippen LogP contribution in [-0.2, 0) is 14.4 Å². The highest BCUT2D eigenvalue weighted by Crippen LogP contribution is 2.27. The first-order valence-electron chi connectivity index (χ1n) is 7.75. The molecule has 0 radical (unpaired) electrons. The summed E-state index contributed by atoms with van der Waals surface area (Å²) < 4.78 is 0. The average Bonchev–Trinajstić information content (AvgIpc) is 2.88. The molecule has 6 nitrogen and oxygen atoms in total. The van der Waals surface area contributed by atoms with Gasteiger partial charge in [0.2, 0.25) is 11.8 Å². The molecule has 1 heterocycles. The van der Waals surface area contributed by atoms with E-state index in [0.29, 0.717) is 18.9 Å². The maximum Gasteiger partial charge on any atom is 0.325 e. The minimum absolute atomic E-state index is 0.280. The lowest BCUT2D eigenvalue weighted by atomic mass is 10.0. The van der Waals surface area contributed by atoms with Gasteiger partial charge in [-0.05, 0) is 37.0 Å². The van der Waals surface area contributed by atoms with E-state index in [1.165, 1.54) is 12.5 Å². The van der Waals surface area contributed by atoms with Crippen molar-refractivity contribution < 1.29 is 19.5 Å². The number of aliphatic carboxylic acids is 1. The fraction of sp³-hybridized carbons (Fsp3) is 0.471. The first kappa shape index (κ1) is 17.0. The van der Waals surface area contributed by atoms with Crippen molar-refractivity contribution in [1.29, 1.82) is 0 Å². The zero-order valence-electron chi connectivity index (χ0n) is 13.6. The van der Waals surface area contributed by atoms with E-state index in [0.717, 1.165) is 5.69 Å². The van der Waals surface area contributed by atoms with E-state index in [2.05, 4.69) is 19.2 Å². The summed E-state index contributed by atoms with van der Waals surface area (Å²) in [6.07, 6.45) is 0.392. The Hall–Kier alpha value is -2.37. The third kappa shape index (κ3) is 3.70. The topological polar surface area (TPSA) is 86.7 Å². The summed E-state index contributed by atoms with van der Waals surface area (Å²) in [5.41, 5.74) is 1.95. The molecular weight excluding hydrogens is 296 g/mol. The molecule has 2 unspecified atom stereocenters. The molecule has 1 saturated heterocycles. The van der Waals surface area contributed by atoms with Crippen LogP contribution in [0.3, 0.4) is 0 Å². The lowest BCUT2D eigenvalue weighted by molar-refractivity contribution is -0.143. The molecule has 1 aliphatic heterocycles. The molecule has 0 aliphatic carbocycles. The number of hydrogen-bond donors (Lipinski definition) is 2. The molecular formula is C17H22N2O4. The molecule has 2 N–H and O–H groups in total. The monoisotopic (exact) mass is 318 g/mol. The summed E-state index contributed by atoms with van der Waals surface area (Å²) in [5, 5.41) is 11.2. The molecule has 2 atom stereocenters. The van der Waals surface area contributed by atoms with E-state index in [9.17, 15) is 14.4 Å². The second kappa shape index (κ2) is 6.81. The van der Waals surface area contributed by atoms with Crippen LogP contribution in [0, 0.1) is 5.92 Å². The van der Waals surface area contributed by atoms with Crippen LogP contribution < -0.4 is 10.2 Å². The summed E-state index contributed by atoms with van der Waals surface area (Å²) in [4.78, 5) is 36.9. The van der Waals surface area contributed by atoms with E-state index < -0.39 is 23.8 Å². The Morgan fingerprint density at radius 1 is 1.22 bits per heavy atom. The summed E-state index contributed by atoms with van der Waals surface area (Å²) in [5.74, 6) is -2.33. The van der Waals surface area contributed by atoms with Crippen molar-refractivity contribution in [1.82, 2.24) is 5.32 Å². The van der Waals surface area contributed by atoms with Crippen LogP contribution >= 0.6 is 0 Å². The predicted octanol–water partition coefficient (Wildman–Crippen LogP) is 1.75. The van der Waals surface area contributed by atoms with Crippen LogP contribution in [0.2, 0.25) is 0 Å². The Balaban J connectivity index is 2.06. The van der Waals surface area contributed by atoms with Gasteiger partial charge in [0.05, 0.1) is 0 Å². The molecule has 0 spiro atoms. The molecule has 1 aliphatic rings. The number of anilines is 1. The zero-order chi connectivity index (χ0) is 17.1.